The Morgan fingerprint density at radius 3 is 3.31 bits per heavy atom. The zero-order valence-corrected chi connectivity index (χ0v) is 8.09. The fourth-order valence-electron chi connectivity index (χ4n) is 1.87. The van der Waals surface area contributed by atoms with Gasteiger partial charge < -0.3 is 10.2 Å². The third-order valence-corrected chi connectivity index (χ3v) is 2.59. The lowest BCUT2D eigenvalue weighted by molar-refractivity contribution is 0.369. The van der Waals surface area contributed by atoms with Crippen molar-refractivity contribution in [2.75, 3.05) is 13.1 Å². The van der Waals surface area contributed by atoms with Crippen LogP contribution in [0.2, 0.25) is 0 Å². The highest BCUT2D eigenvalue weighted by Crippen LogP contribution is 2.22. The van der Waals surface area contributed by atoms with Gasteiger partial charge in [0.25, 0.3) is 0 Å². The van der Waals surface area contributed by atoms with Crippen LogP contribution in [0.25, 0.3) is 0 Å². The molecule has 0 unspecified atom stereocenters. The normalized spacial score (nSPS) is 21.2. The van der Waals surface area contributed by atoms with E-state index in [9.17, 15) is 0 Å². The molecule has 0 aromatic rings. The highest BCUT2D eigenvalue weighted by molar-refractivity contribution is 5.41. The largest absolute Gasteiger partial charge is 0.370 e. The molecule has 0 aliphatic carbocycles. The number of rotatable bonds is 1. The summed E-state index contributed by atoms with van der Waals surface area (Å²) < 4.78 is 0. The molecule has 2 aliphatic rings. The molecule has 0 spiro atoms. The van der Waals surface area contributed by atoms with E-state index in [1.165, 1.54) is 30.7 Å². The predicted octanol–water partition coefficient (Wildman–Crippen LogP) is 1.99. The number of hydrogen-bond donors (Lipinski definition) is 1. The first-order valence-electron chi connectivity index (χ1n) is 5.00. The van der Waals surface area contributed by atoms with E-state index < -0.39 is 0 Å². The number of fused-ring (bicyclic) bond motifs is 1. The van der Waals surface area contributed by atoms with Crippen molar-refractivity contribution in [1.29, 1.82) is 0 Å². The van der Waals surface area contributed by atoms with Crippen LogP contribution in [0.1, 0.15) is 19.8 Å². The fraction of sp³-hybridized carbons (Fsp3) is 0.455. The smallest absolute Gasteiger partial charge is 0.0599 e. The fourth-order valence-corrected chi connectivity index (χ4v) is 1.87. The minimum atomic E-state index is 1.10. The van der Waals surface area contributed by atoms with Crippen LogP contribution < -0.4 is 5.32 Å². The molecular formula is C11H16N2. The molecule has 70 valence electrons. The molecule has 2 aliphatic heterocycles. The standard InChI is InChI=1S/C11H16N2/c1-2-13-8-4-3-5-10-6-7-12-9-11(10)13/h5-7,9,12H,2-4,8H2,1H3. The highest BCUT2D eigenvalue weighted by Gasteiger charge is 2.14. The molecular weight excluding hydrogens is 160 g/mol. The molecule has 0 aromatic carbocycles. The van der Waals surface area contributed by atoms with Crippen molar-refractivity contribution in [1.82, 2.24) is 10.2 Å². The summed E-state index contributed by atoms with van der Waals surface area (Å²) in [5, 5.41) is 3.15. The van der Waals surface area contributed by atoms with Gasteiger partial charge in [-0.25, -0.2) is 0 Å². The van der Waals surface area contributed by atoms with E-state index >= 15 is 0 Å². The first-order valence-corrected chi connectivity index (χ1v) is 5.00. The van der Waals surface area contributed by atoms with Gasteiger partial charge in [0.05, 0.1) is 5.70 Å². The number of nitrogens with one attached hydrogen (secondary N) is 1. The molecule has 2 heteroatoms. The van der Waals surface area contributed by atoms with Crippen LogP contribution in [0, 0.1) is 0 Å². The SMILES string of the molecule is CCN1CCCC=C2C=CNC=C21. The minimum Gasteiger partial charge on any atom is -0.370 e. The second kappa shape index (κ2) is 3.69. The zero-order chi connectivity index (χ0) is 9.10. The van der Waals surface area contributed by atoms with Gasteiger partial charge in [-0.15, -0.1) is 0 Å². The topological polar surface area (TPSA) is 15.3 Å². The molecule has 0 amide bonds. The minimum absolute atomic E-state index is 1.10. The van der Waals surface area contributed by atoms with Gasteiger partial charge in [0.1, 0.15) is 0 Å². The molecule has 0 saturated heterocycles. The van der Waals surface area contributed by atoms with E-state index in [4.69, 9.17) is 0 Å². The van der Waals surface area contributed by atoms with Crippen LogP contribution in [0.4, 0.5) is 0 Å². The zero-order valence-electron chi connectivity index (χ0n) is 8.09. The maximum Gasteiger partial charge on any atom is 0.0599 e. The molecule has 0 fully saturated rings. The Morgan fingerprint density at radius 1 is 1.54 bits per heavy atom. The number of likely N-dealkylation sites (N-methyl/N-ethyl adjacent to an activating group) is 1. The Morgan fingerprint density at radius 2 is 2.46 bits per heavy atom. The lowest BCUT2D eigenvalue weighted by Crippen LogP contribution is -2.25. The van der Waals surface area contributed by atoms with Gasteiger partial charge in [-0.1, -0.05) is 6.08 Å². The van der Waals surface area contributed by atoms with Gasteiger partial charge in [0.15, 0.2) is 0 Å². The van der Waals surface area contributed by atoms with Crippen molar-refractivity contribution < 1.29 is 0 Å². The van der Waals surface area contributed by atoms with Crippen molar-refractivity contribution in [3.63, 3.8) is 0 Å². The molecule has 2 nitrogen and oxygen atoms in total. The number of nitrogens with zero attached hydrogens (tertiary/aromatic N) is 1. The van der Waals surface area contributed by atoms with Crippen LogP contribution in [0.3, 0.4) is 0 Å². The van der Waals surface area contributed by atoms with Gasteiger partial charge in [-0.05, 0) is 31.4 Å². The van der Waals surface area contributed by atoms with Gasteiger partial charge in [0.2, 0.25) is 0 Å². The number of hydrogen-bond acceptors (Lipinski definition) is 2. The maximum atomic E-state index is 3.15. The molecule has 2 rings (SSSR count). The van der Waals surface area contributed by atoms with Crippen LogP contribution in [-0.4, -0.2) is 18.0 Å². The van der Waals surface area contributed by atoms with E-state index in [0.717, 1.165) is 6.54 Å². The Balaban J connectivity index is 2.27. The Kier molecular flexibility index (Phi) is 2.39. The summed E-state index contributed by atoms with van der Waals surface area (Å²) in [7, 11) is 0. The van der Waals surface area contributed by atoms with E-state index in [-0.39, 0.29) is 0 Å². The first kappa shape index (κ1) is 8.42. The van der Waals surface area contributed by atoms with Gasteiger partial charge in [0, 0.05) is 25.5 Å². The summed E-state index contributed by atoms with van der Waals surface area (Å²) in [4.78, 5) is 2.43. The summed E-state index contributed by atoms with van der Waals surface area (Å²) in [6, 6.07) is 0. The van der Waals surface area contributed by atoms with E-state index in [1.54, 1.807) is 0 Å². The van der Waals surface area contributed by atoms with E-state index in [1.807, 2.05) is 6.20 Å². The molecule has 0 atom stereocenters. The average Bonchev–Trinajstić information content (AvgIpc) is 2.39. The lowest BCUT2D eigenvalue weighted by Gasteiger charge is -2.26. The van der Waals surface area contributed by atoms with Crippen molar-refractivity contribution in [3.8, 4) is 0 Å². The van der Waals surface area contributed by atoms with Crippen molar-refractivity contribution >= 4 is 0 Å². The lowest BCUT2D eigenvalue weighted by atomic mass is 10.1. The van der Waals surface area contributed by atoms with E-state index in [0.29, 0.717) is 0 Å². The molecule has 1 N–H and O–H groups in total. The second-order valence-electron chi connectivity index (χ2n) is 3.41. The van der Waals surface area contributed by atoms with Crippen molar-refractivity contribution in [3.05, 3.63) is 35.8 Å². The van der Waals surface area contributed by atoms with Gasteiger partial charge >= 0.3 is 0 Å². The Hall–Kier alpha value is -1.18. The Bertz CT molecular complexity index is 274. The summed E-state index contributed by atoms with van der Waals surface area (Å²) in [5.74, 6) is 0. The molecule has 0 saturated carbocycles. The monoisotopic (exact) mass is 176 g/mol. The van der Waals surface area contributed by atoms with Crippen molar-refractivity contribution in [2.45, 2.75) is 19.8 Å². The van der Waals surface area contributed by atoms with Gasteiger partial charge in [-0.2, -0.15) is 0 Å². The third kappa shape index (κ3) is 1.62. The molecule has 0 aromatic heterocycles. The molecule has 0 radical (unpaired) electrons. The summed E-state index contributed by atoms with van der Waals surface area (Å²) in [6.45, 7) is 4.48. The van der Waals surface area contributed by atoms with Crippen LogP contribution >= 0.6 is 0 Å². The van der Waals surface area contributed by atoms with Crippen LogP contribution in [0.5, 0.6) is 0 Å². The summed E-state index contributed by atoms with van der Waals surface area (Å²) in [6.07, 6.45) is 11.0. The average molecular weight is 176 g/mol. The Labute approximate surface area is 79.6 Å². The summed E-state index contributed by atoms with van der Waals surface area (Å²) in [5.41, 5.74) is 2.72. The summed E-state index contributed by atoms with van der Waals surface area (Å²) >= 11 is 0. The molecule has 13 heavy (non-hydrogen) atoms. The van der Waals surface area contributed by atoms with E-state index in [2.05, 4.69) is 35.5 Å². The van der Waals surface area contributed by atoms with Gasteiger partial charge in [-0.3, -0.25) is 0 Å². The molecule has 2 heterocycles. The van der Waals surface area contributed by atoms with Crippen LogP contribution in [0.15, 0.2) is 35.8 Å². The number of dihydropyridines is 1. The molecule has 0 bridgehead atoms. The number of allylic oxidation sites excluding steroid dienone is 2. The third-order valence-electron chi connectivity index (χ3n) is 2.59. The quantitative estimate of drug-likeness (QED) is 0.657. The highest BCUT2D eigenvalue weighted by atomic mass is 15.1. The predicted molar refractivity (Wildman–Crippen MR) is 54.9 cm³/mol. The first-order chi connectivity index (χ1) is 6.42. The van der Waals surface area contributed by atoms with Crippen LogP contribution in [-0.2, 0) is 0 Å². The maximum absolute atomic E-state index is 3.15. The van der Waals surface area contributed by atoms with Crippen molar-refractivity contribution in [2.24, 2.45) is 0 Å². The second-order valence-corrected chi connectivity index (χ2v) is 3.41.